The lowest BCUT2D eigenvalue weighted by atomic mass is 10.1. The minimum absolute atomic E-state index is 0.110. The van der Waals surface area contributed by atoms with Crippen molar-refractivity contribution in [2.45, 2.75) is 13.0 Å². The molecule has 0 saturated heterocycles. The van der Waals surface area contributed by atoms with Gasteiger partial charge in [-0.05, 0) is 36.8 Å². The van der Waals surface area contributed by atoms with Gasteiger partial charge in [0.2, 0.25) is 0 Å². The van der Waals surface area contributed by atoms with Crippen LogP contribution in [-0.2, 0) is 0 Å². The van der Waals surface area contributed by atoms with Gasteiger partial charge in [0.1, 0.15) is 0 Å². The number of benzene rings is 1. The van der Waals surface area contributed by atoms with Gasteiger partial charge in [-0.3, -0.25) is 15.0 Å². The van der Waals surface area contributed by atoms with Crippen LogP contribution in [-0.4, -0.2) is 16.2 Å². The van der Waals surface area contributed by atoms with Crippen LogP contribution < -0.4 is 0 Å². The maximum Gasteiger partial charge on any atom is 0.0809 e. The molecule has 3 rings (SSSR count). The fourth-order valence-corrected chi connectivity index (χ4v) is 2.14. The quantitative estimate of drug-likeness (QED) is 0.540. The molecular formula is C21H17N3. The zero-order valence-corrected chi connectivity index (χ0v) is 13.4. The van der Waals surface area contributed by atoms with Gasteiger partial charge in [-0.15, -0.1) is 0 Å². The van der Waals surface area contributed by atoms with Gasteiger partial charge in [-0.25, -0.2) is 0 Å². The topological polar surface area (TPSA) is 38.1 Å². The van der Waals surface area contributed by atoms with E-state index in [0.717, 1.165) is 16.8 Å². The Kier molecular flexibility index (Phi) is 5.11. The van der Waals surface area contributed by atoms with Crippen LogP contribution in [0.4, 0.5) is 0 Å². The number of hydrogen-bond acceptors (Lipinski definition) is 3. The first-order chi connectivity index (χ1) is 11.8. The number of aliphatic imine (C=N–C) groups is 1. The van der Waals surface area contributed by atoms with E-state index < -0.39 is 0 Å². The Hall–Kier alpha value is -3.25. The third-order valence-electron chi connectivity index (χ3n) is 3.53. The van der Waals surface area contributed by atoms with Gasteiger partial charge in [0.05, 0.1) is 11.7 Å². The molecule has 2 heterocycles. The molecule has 0 spiro atoms. The smallest absolute Gasteiger partial charge is 0.0809 e. The van der Waals surface area contributed by atoms with Crippen molar-refractivity contribution in [1.82, 2.24) is 9.97 Å². The largest absolute Gasteiger partial charge is 0.283 e. The summed E-state index contributed by atoms with van der Waals surface area (Å²) in [5, 5.41) is 0. The summed E-state index contributed by atoms with van der Waals surface area (Å²) < 4.78 is 0. The van der Waals surface area contributed by atoms with Crippen molar-refractivity contribution in [2.24, 2.45) is 4.99 Å². The van der Waals surface area contributed by atoms with Gasteiger partial charge >= 0.3 is 0 Å². The molecule has 0 fully saturated rings. The summed E-state index contributed by atoms with van der Waals surface area (Å²) in [5.41, 5.74) is 3.83. The molecule has 3 nitrogen and oxygen atoms in total. The van der Waals surface area contributed by atoms with E-state index in [1.807, 2.05) is 42.5 Å². The van der Waals surface area contributed by atoms with Gasteiger partial charge < -0.3 is 0 Å². The zero-order valence-electron chi connectivity index (χ0n) is 13.4. The fourth-order valence-electron chi connectivity index (χ4n) is 2.14. The standard InChI is InChI=1S/C21H17N3/c1-17(20-5-3-2-4-6-20)23-16-21-10-9-19(15-24-21)8-7-18-11-13-22-14-12-18/h2-6,9-17H,1H3/t17-/m0/s1. The Morgan fingerprint density at radius 1 is 0.917 bits per heavy atom. The molecule has 24 heavy (non-hydrogen) atoms. The molecule has 2 aromatic heterocycles. The van der Waals surface area contributed by atoms with Gasteiger partial charge in [-0.1, -0.05) is 42.2 Å². The van der Waals surface area contributed by atoms with E-state index in [9.17, 15) is 0 Å². The van der Waals surface area contributed by atoms with Crippen molar-refractivity contribution in [2.75, 3.05) is 0 Å². The predicted octanol–water partition coefficient (Wildman–Crippen LogP) is 4.06. The monoisotopic (exact) mass is 311 g/mol. The van der Waals surface area contributed by atoms with Crippen LogP contribution >= 0.6 is 0 Å². The maximum absolute atomic E-state index is 4.56. The molecule has 0 aliphatic heterocycles. The van der Waals surface area contributed by atoms with Crippen molar-refractivity contribution in [3.05, 3.63) is 95.6 Å². The number of pyridine rings is 2. The van der Waals surface area contributed by atoms with Crippen molar-refractivity contribution in [3.63, 3.8) is 0 Å². The second kappa shape index (κ2) is 7.85. The summed E-state index contributed by atoms with van der Waals surface area (Å²) in [7, 11) is 0. The Morgan fingerprint density at radius 3 is 2.38 bits per heavy atom. The summed E-state index contributed by atoms with van der Waals surface area (Å²) in [5.74, 6) is 6.18. The number of nitrogens with zero attached hydrogens (tertiary/aromatic N) is 3. The van der Waals surface area contributed by atoms with Crippen molar-refractivity contribution >= 4 is 6.21 Å². The fraction of sp³-hybridized carbons (Fsp3) is 0.0952. The molecule has 0 unspecified atom stereocenters. The van der Waals surface area contributed by atoms with E-state index in [2.05, 4.69) is 45.9 Å². The van der Waals surface area contributed by atoms with E-state index in [4.69, 9.17) is 0 Å². The van der Waals surface area contributed by atoms with E-state index in [-0.39, 0.29) is 6.04 Å². The molecule has 0 bridgehead atoms. The van der Waals surface area contributed by atoms with Crippen molar-refractivity contribution in [1.29, 1.82) is 0 Å². The second-order valence-electron chi connectivity index (χ2n) is 5.32. The molecule has 0 amide bonds. The van der Waals surface area contributed by atoms with E-state index in [0.29, 0.717) is 0 Å². The molecule has 0 aliphatic carbocycles. The highest BCUT2D eigenvalue weighted by Gasteiger charge is 2.00. The van der Waals surface area contributed by atoms with Gasteiger partial charge in [-0.2, -0.15) is 0 Å². The lowest BCUT2D eigenvalue weighted by Crippen LogP contribution is -1.93. The Labute approximate surface area is 142 Å². The highest BCUT2D eigenvalue weighted by atomic mass is 14.8. The molecule has 3 heteroatoms. The van der Waals surface area contributed by atoms with Crippen LogP contribution in [0.25, 0.3) is 0 Å². The third kappa shape index (κ3) is 4.37. The molecule has 1 aromatic carbocycles. The lowest BCUT2D eigenvalue weighted by Gasteiger charge is -2.05. The molecule has 1 atom stereocenters. The van der Waals surface area contributed by atoms with Crippen molar-refractivity contribution < 1.29 is 0 Å². The first-order valence-electron chi connectivity index (χ1n) is 7.77. The highest BCUT2D eigenvalue weighted by Crippen LogP contribution is 2.15. The van der Waals surface area contributed by atoms with Gasteiger partial charge in [0.25, 0.3) is 0 Å². The molecule has 0 saturated carbocycles. The first kappa shape index (κ1) is 15.6. The lowest BCUT2D eigenvalue weighted by molar-refractivity contribution is 0.824. The average molecular weight is 311 g/mol. The number of aromatic nitrogens is 2. The molecule has 0 radical (unpaired) electrons. The van der Waals surface area contributed by atoms with Crippen LogP contribution in [0.5, 0.6) is 0 Å². The van der Waals surface area contributed by atoms with E-state index in [1.54, 1.807) is 24.8 Å². The first-order valence-corrected chi connectivity index (χ1v) is 7.77. The average Bonchev–Trinajstić information content (AvgIpc) is 2.67. The molecule has 3 aromatic rings. The Bertz CT molecular complexity index is 858. The van der Waals surface area contributed by atoms with Gasteiger partial charge in [0, 0.05) is 35.9 Å². The van der Waals surface area contributed by atoms with Crippen LogP contribution in [0.1, 0.15) is 35.3 Å². The Balaban J connectivity index is 1.67. The van der Waals surface area contributed by atoms with Crippen LogP contribution in [0.15, 0.2) is 78.2 Å². The summed E-state index contributed by atoms with van der Waals surface area (Å²) in [4.78, 5) is 12.9. The maximum atomic E-state index is 4.56. The zero-order chi connectivity index (χ0) is 16.6. The summed E-state index contributed by atoms with van der Waals surface area (Å²) >= 11 is 0. The van der Waals surface area contributed by atoms with Crippen molar-refractivity contribution in [3.8, 4) is 11.8 Å². The van der Waals surface area contributed by atoms with Crippen LogP contribution in [0.2, 0.25) is 0 Å². The van der Waals surface area contributed by atoms with Crippen LogP contribution in [0, 0.1) is 11.8 Å². The normalized spacial score (nSPS) is 11.7. The number of hydrogen-bond donors (Lipinski definition) is 0. The SMILES string of the molecule is C[C@H](N=Cc1ccc(C#Cc2ccncc2)cn1)c1ccccc1. The summed E-state index contributed by atoms with van der Waals surface area (Å²) in [6.07, 6.45) is 7.03. The molecular weight excluding hydrogens is 294 g/mol. The van der Waals surface area contributed by atoms with Gasteiger partial charge in [0.15, 0.2) is 0 Å². The number of rotatable bonds is 3. The summed E-state index contributed by atoms with van der Waals surface area (Å²) in [6, 6.07) is 18.0. The highest BCUT2D eigenvalue weighted by molar-refractivity contribution is 5.77. The molecule has 0 aliphatic rings. The van der Waals surface area contributed by atoms with E-state index in [1.165, 1.54) is 5.56 Å². The minimum Gasteiger partial charge on any atom is -0.283 e. The predicted molar refractivity (Wildman–Crippen MR) is 96.9 cm³/mol. The molecule has 0 N–H and O–H groups in total. The minimum atomic E-state index is 0.110. The molecule has 116 valence electrons. The van der Waals surface area contributed by atoms with Crippen LogP contribution in [0.3, 0.4) is 0 Å². The van der Waals surface area contributed by atoms with E-state index >= 15 is 0 Å². The Morgan fingerprint density at radius 2 is 1.67 bits per heavy atom. The second-order valence-corrected chi connectivity index (χ2v) is 5.32. The summed E-state index contributed by atoms with van der Waals surface area (Å²) in [6.45, 7) is 2.07. The third-order valence-corrected chi connectivity index (χ3v) is 3.53.